The maximum absolute atomic E-state index is 11.6. The van der Waals surface area contributed by atoms with Gasteiger partial charge in [-0.1, -0.05) is 70.9 Å². The molecular formula is C12H20Br2O3. The summed E-state index contributed by atoms with van der Waals surface area (Å²) in [6, 6.07) is 0. The van der Waals surface area contributed by atoms with Crippen LogP contribution in [0.15, 0.2) is 0 Å². The average Bonchev–Trinajstić information content (AvgIpc) is 2.27. The van der Waals surface area contributed by atoms with Crippen molar-refractivity contribution >= 4 is 43.6 Å². The number of carboxylic acids is 1. The quantitative estimate of drug-likeness (QED) is 0.493. The van der Waals surface area contributed by atoms with Crippen LogP contribution in [0, 0.1) is 0 Å². The van der Waals surface area contributed by atoms with Crippen molar-refractivity contribution in [1.29, 1.82) is 0 Å². The second-order valence-corrected chi connectivity index (χ2v) is 6.61. The lowest BCUT2D eigenvalue weighted by molar-refractivity contribution is -0.138. The first kappa shape index (κ1) is 17.1. The highest BCUT2D eigenvalue weighted by Crippen LogP contribution is 2.35. The summed E-state index contributed by atoms with van der Waals surface area (Å²) in [6.45, 7) is 3.57. The lowest BCUT2D eigenvalue weighted by atomic mass is 9.93. The molecule has 0 rings (SSSR count). The van der Waals surface area contributed by atoms with Gasteiger partial charge in [0.2, 0.25) is 0 Å². The summed E-state index contributed by atoms with van der Waals surface area (Å²) in [4.78, 5) is 21.7. The molecule has 0 aliphatic heterocycles. The van der Waals surface area contributed by atoms with Gasteiger partial charge >= 0.3 is 5.97 Å². The number of aliphatic carboxylic acids is 1. The molecule has 0 fully saturated rings. The van der Waals surface area contributed by atoms with Crippen LogP contribution in [-0.2, 0) is 9.59 Å². The molecule has 0 aromatic carbocycles. The largest absolute Gasteiger partial charge is 0.480 e. The third-order valence-electron chi connectivity index (χ3n) is 2.85. The van der Waals surface area contributed by atoms with Crippen LogP contribution in [0.1, 0.15) is 52.4 Å². The molecule has 0 aliphatic carbocycles. The fourth-order valence-corrected chi connectivity index (χ4v) is 2.69. The molecule has 0 amide bonds. The van der Waals surface area contributed by atoms with Crippen LogP contribution in [0.4, 0.5) is 0 Å². The smallest absolute Gasteiger partial charge is 0.319 e. The lowest BCUT2D eigenvalue weighted by Crippen LogP contribution is -2.43. The highest BCUT2D eigenvalue weighted by atomic mass is 79.9. The molecular weight excluding hydrogens is 352 g/mol. The minimum Gasteiger partial charge on any atom is -0.480 e. The molecule has 0 aliphatic rings. The second-order valence-electron chi connectivity index (χ2n) is 4.28. The molecule has 0 heterocycles. The van der Waals surface area contributed by atoms with Gasteiger partial charge in [0.25, 0.3) is 0 Å². The molecule has 0 aromatic rings. The van der Waals surface area contributed by atoms with Crippen LogP contribution < -0.4 is 0 Å². The van der Waals surface area contributed by atoms with Gasteiger partial charge in [0.15, 0.2) is 0 Å². The van der Waals surface area contributed by atoms with E-state index in [-0.39, 0.29) is 5.78 Å². The molecule has 0 saturated carbocycles. The Balaban J connectivity index is 4.33. The highest BCUT2D eigenvalue weighted by molar-refractivity contribution is 9.13. The van der Waals surface area contributed by atoms with Gasteiger partial charge in [0, 0.05) is 0 Å². The molecule has 1 N–H and O–H groups in total. The van der Waals surface area contributed by atoms with E-state index in [1.165, 1.54) is 19.8 Å². The van der Waals surface area contributed by atoms with E-state index in [2.05, 4.69) is 38.8 Å². The van der Waals surface area contributed by atoms with Crippen molar-refractivity contribution in [3.63, 3.8) is 0 Å². The summed E-state index contributed by atoms with van der Waals surface area (Å²) in [5, 5.41) is 8.98. The summed E-state index contributed by atoms with van der Waals surface area (Å²) in [6.07, 6.45) is 5.94. The van der Waals surface area contributed by atoms with Gasteiger partial charge in [-0.3, -0.25) is 9.59 Å². The van der Waals surface area contributed by atoms with Gasteiger partial charge in [-0.15, -0.1) is 0 Å². The normalized spacial score (nSPS) is 16.2. The molecule has 100 valence electrons. The Labute approximate surface area is 120 Å². The average molecular weight is 372 g/mol. The number of hydrogen-bond donors (Lipinski definition) is 1. The molecule has 0 unspecified atom stereocenters. The van der Waals surface area contributed by atoms with Crippen molar-refractivity contribution < 1.29 is 14.7 Å². The monoisotopic (exact) mass is 370 g/mol. The summed E-state index contributed by atoms with van der Waals surface area (Å²) in [5.74, 6) is -1.15. The fourth-order valence-electron chi connectivity index (χ4n) is 1.66. The number of hydrogen-bond acceptors (Lipinski definition) is 2. The van der Waals surface area contributed by atoms with E-state index in [1.807, 2.05) is 0 Å². The molecule has 2 atom stereocenters. The number of alkyl halides is 2. The standard InChI is InChI=1S/C12H20Br2O3/c1-3-4-5-6-7-8-12(14,9(2)15)10(13)11(16)17/h10H,3-8H2,1-2H3,(H,16,17)/t10-,12-/m0/s1. The predicted octanol–water partition coefficient (Wildman–Crippen LogP) is 3.92. The van der Waals surface area contributed by atoms with Gasteiger partial charge in [-0.2, -0.15) is 0 Å². The van der Waals surface area contributed by atoms with Gasteiger partial charge in [-0.25, -0.2) is 0 Å². The van der Waals surface area contributed by atoms with Crippen LogP contribution in [0.25, 0.3) is 0 Å². The summed E-state index contributed by atoms with van der Waals surface area (Å²) in [5.41, 5.74) is 0. The molecule has 0 bridgehead atoms. The number of carboxylic acid groups (broad SMARTS) is 1. The summed E-state index contributed by atoms with van der Waals surface area (Å²) >= 11 is 6.39. The SMILES string of the molecule is CCCCCCC[C@](Br)(C(C)=O)[C@@H](Br)C(=O)O. The van der Waals surface area contributed by atoms with Crippen molar-refractivity contribution in [2.45, 2.75) is 61.5 Å². The van der Waals surface area contributed by atoms with Crippen LogP contribution in [-0.4, -0.2) is 26.0 Å². The molecule has 0 spiro atoms. The number of ketones is 1. The zero-order valence-electron chi connectivity index (χ0n) is 10.3. The molecule has 17 heavy (non-hydrogen) atoms. The fraction of sp³-hybridized carbons (Fsp3) is 0.833. The Kier molecular flexibility index (Phi) is 8.29. The van der Waals surface area contributed by atoms with Crippen LogP contribution in [0.2, 0.25) is 0 Å². The van der Waals surface area contributed by atoms with Gasteiger partial charge in [0.05, 0.1) is 0 Å². The minimum atomic E-state index is -1.01. The Morgan fingerprint density at radius 3 is 2.18 bits per heavy atom. The highest BCUT2D eigenvalue weighted by Gasteiger charge is 2.43. The molecule has 3 nitrogen and oxygen atoms in total. The Morgan fingerprint density at radius 1 is 1.24 bits per heavy atom. The van der Waals surface area contributed by atoms with E-state index < -0.39 is 15.1 Å². The molecule has 5 heteroatoms. The minimum absolute atomic E-state index is 0.141. The zero-order valence-corrected chi connectivity index (χ0v) is 13.5. The van der Waals surface area contributed by atoms with E-state index in [4.69, 9.17) is 5.11 Å². The first-order chi connectivity index (χ1) is 7.86. The van der Waals surface area contributed by atoms with Crippen molar-refractivity contribution in [3.05, 3.63) is 0 Å². The molecule has 0 saturated heterocycles. The van der Waals surface area contributed by atoms with Crippen LogP contribution in [0.5, 0.6) is 0 Å². The number of halogens is 2. The van der Waals surface area contributed by atoms with E-state index >= 15 is 0 Å². The van der Waals surface area contributed by atoms with E-state index in [0.29, 0.717) is 6.42 Å². The third kappa shape index (κ3) is 5.51. The van der Waals surface area contributed by atoms with E-state index in [9.17, 15) is 9.59 Å². The summed E-state index contributed by atoms with van der Waals surface area (Å²) < 4.78 is -0.981. The van der Waals surface area contributed by atoms with Crippen molar-refractivity contribution in [2.75, 3.05) is 0 Å². The van der Waals surface area contributed by atoms with E-state index in [0.717, 1.165) is 19.3 Å². The van der Waals surface area contributed by atoms with Gasteiger partial charge in [0.1, 0.15) is 14.9 Å². The number of rotatable bonds is 9. The number of unbranched alkanes of at least 4 members (excludes halogenated alkanes) is 4. The Morgan fingerprint density at radius 2 is 1.76 bits per heavy atom. The van der Waals surface area contributed by atoms with Crippen LogP contribution in [0.3, 0.4) is 0 Å². The second kappa shape index (κ2) is 8.25. The maximum Gasteiger partial charge on any atom is 0.319 e. The predicted molar refractivity (Wildman–Crippen MR) is 76.1 cm³/mol. The lowest BCUT2D eigenvalue weighted by Gasteiger charge is -2.27. The Bertz CT molecular complexity index is 268. The van der Waals surface area contributed by atoms with Crippen molar-refractivity contribution in [3.8, 4) is 0 Å². The number of carbonyl (C=O) groups excluding carboxylic acids is 1. The third-order valence-corrected chi connectivity index (χ3v) is 6.05. The van der Waals surface area contributed by atoms with Crippen LogP contribution >= 0.6 is 31.9 Å². The van der Waals surface area contributed by atoms with Crippen molar-refractivity contribution in [1.82, 2.24) is 0 Å². The van der Waals surface area contributed by atoms with Crippen molar-refractivity contribution in [2.24, 2.45) is 0 Å². The number of carbonyl (C=O) groups is 2. The van der Waals surface area contributed by atoms with Gasteiger partial charge in [-0.05, 0) is 13.3 Å². The first-order valence-electron chi connectivity index (χ1n) is 5.93. The zero-order chi connectivity index (χ0) is 13.5. The Hall–Kier alpha value is 0.1000. The molecule has 0 aromatic heterocycles. The maximum atomic E-state index is 11.6. The van der Waals surface area contributed by atoms with E-state index in [1.54, 1.807) is 0 Å². The molecule has 0 radical (unpaired) electrons. The summed E-state index contributed by atoms with van der Waals surface area (Å²) in [7, 11) is 0. The topological polar surface area (TPSA) is 54.4 Å². The number of Topliss-reactive ketones (excluding diaryl/α,β-unsaturated/α-hetero) is 1. The first-order valence-corrected chi connectivity index (χ1v) is 7.64. The van der Waals surface area contributed by atoms with Gasteiger partial charge < -0.3 is 5.11 Å².